The fourth-order valence-electron chi connectivity index (χ4n) is 2.76. The molecule has 1 aromatic carbocycles. The van der Waals surface area contributed by atoms with Crippen LogP contribution in [0.15, 0.2) is 24.3 Å². The van der Waals surface area contributed by atoms with Crippen molar-refractivity contribution >= 4 is 17.7 Å². The summed E-state index contributed by atoms with van der Waals surface area (Å²) < 4.78 is 18.3. The first-order valence-corrected chi connectivity index (χ1v) is 9.47. The number of carbonyl (C=O) groups excluding carboxylic acids is 1. The van der Waals surface area contributed by atoms with Crippen LogP contribution in [-0.4, -0.2) is 55.1 Å². The Morgan fingerprint density at radius 3 is 2.87 bits per heavy atom. The molecule has 1 aromatic rings. The first-order valence-electron chi connectivity index (χ1n) is 8.08. The molecule has 0 aromatic heterocycles. The van der Waals surface area contributed by atoms with Crippen molar-refractivity contribution in [1.82, 2.24) is 10.2 Å². The van der Waals surface area contributed by atoms with E-state index in [0.717, 1.165) is 38.2 Å². The lowest BCUT2D eigenvalue weighted by Crippen LogP contribution is -2.37. The van der Waals surface area contributed by atoms with Gasteiger partial charge in [-0.15, -0.1) is 0 Å². The van der Waals surface area contributed by atoms with Crippen LogP contribution in [0.25, 0.3) is 0 Å². The van der Waals surface area contributed by atoms with E-state index < -0.39 is 0 Å². The van der Waals surface area contributed by atoms with Gasteiger partial charge in [-0.1, -0.05) is 0 Å². The van der Waals surface area contributed by atoms with Crippen molar-refractivity contribution in [2.24, 2.45) is 0 Å². The van der Waals surface area contributed by atoms with Gasteiger partial charge in [0.25, 0.3) is 0 Å². The highest BCUT2D eigenvalue weighted by molar-refractivity contribution is 7.98. The highest BCUT2D eigenvalue weighted by Crippen LogP contribution is 2.21. The van der Waals surface area contributed by atoms with Gasteiger partial charge in [0.1, 0.15) is 18.2 Å². The van der Waals surface area contributed by atoms with Crippen molar-refractivity contribution in [1.29, 1.82) is 0 Å². The van der Waals surface area contributed by atoms with Crippen LogP contribution in [-0.2, 0) is 4.79 Å². The number of thioether (sulfide) groups is 1. The molecule has 1 amide bonds. The van der Waals surface area contributed by atoms with Crippen molar-refractivity contribution in [2.75, 3.05) is 38.2 Å². The summed E-state index contributed by atoms with van der Waals surface area (Å²) in [5, 5.41) is 3.34. The zero-order valence-electron chi connectivity index (χ0n) is 13.6. The van der Waals surface area contributed by atoms with E-state index in [1.807, 2.05) is 4.90 Å². The number of rotatable bonds is 10. The van der Waals surface area contributed by atoms with E-state index in [-0.39, 0.29) is 5.82 Å². The predicted octanol–water partition coefficient (Wildman–Crippen LogP) is 2.54. The molecule has 0 unspecified atom stereocenters. The van der Waals surface area contributed by atoms with Crippen LogP contribution in [0, 0.1) is 5.82 Å². The number of hydrogen-bond donors (Lipinski definition) is 1. The maximum absolute atomic E-state index is 12.8. The number of amides is 1. The van der Waals surface area contributed by atoms with E-state index in [1.54, 1.807) is 23.9 Å². The summed E-state index contributed by atoms with van der Waals surface area (Å²) in [4.78, 5) is 13.9. The van der Waals surface area contributed by atoms with Gasteiger partial charge in [-0.2, -0.15) is 11.8 Å². The quantitative estimate of drug-likeness (QED) is 0.665. The van der Waals surface area contributed by atoms with Crippen LogP contribution in [0.5, 0.6) is 5.75 Å². The van der Waals surface area contributed by atoms with Gasteiger partial charge in [0, 0.05) is 31.3 Å². The van der Waals surface area contributed by atoms with Crippen molar-refractivity contribution in [3.05, 3.63) is 30.1 Å². The second kappa shape index (κ2) is 9.78. The molecule has 0 bridgehead atoms. The summed E-state index contributed by atoms with van der Waals surface area (Å²) >= 11 is 1.78. The van der Waals surface area contributed by atoms with E-state index in [1.165, 1.54) is 12.1 Å². The van der Waals surface area contributed by atoms with Gasteiger partial charge in [-0.25, -0.2) is 4.39 Å². The monoisotopic (exact) mass is 340 g/mol. The number of carbonyl (C=O) groups is 1. The Labute approximate surface area is 141 Å². The molecule has 0 saturated carbocycles. The Balaban J connectivity index is 1.57. The minimum atomic E-state index is -0.257. The van der Waals surface area contributed by atoms with Crippen molar-refractivity contribution in [3.8, 4) is 5.75 Å². The third-order valence-electron chi connectivity index (χ3n) is 4.00. The van der Waals surface area contributed by atoms with Crippen LogP contribution in [0.1, 0.15) is 19.3 Å². The molecule has 1 atom stereocenters. The highest BCUT2D eigenvalue weighted by atomic mass is 32.2. The lowest BCUT2D eigenvalue weighted by molar-refractivity contribution is -0.128. The second-order valence-electron chi connectivity index (χ2n) is 5.61. The molecule has 1 heterocycles. The molecule has 0 radical (unpaired) electrons. The SMILES string of the molecule is CSCCN1C(=O)CC[C@H]1CCNCCOc1ccc(F)cc1. The summed E-state index contributed by atoms with van der Waals surface area (Å²) in [5.41, 5.74) is 0. The molecule has 2 rings (SSSR count). The lowest BCUT2D eigenvalue weighted by atomic mass is 10.1. The fourth-order valence-corrected chi connectivity index (χ4v) is 3.14. The van der Waals surface area contributed by atoms with Gasteiger partial charge in [-0.05, 0) is 49.9 Å². The Morgan fingerprint density at radius 1 is 1.35 bits per heavy atom. The highest BCUT2D eigenvalue weighted by Gasteiger charge is 2.29. The second-order valence-corrected chi connectivity index (χ2v) is 6.60. The zero-order chi connectivity index (χ0) is 16.5. The summed E-state index contributed by atoms with van der Waals surface area (Å²) in [7, 11) is 0. The normalized spacial score (nSPS) is 17.7. The Bertz CT molecular complexity index is 484. The van der Waals surface area contributed by atoms with Crippen molar-refractivity contribution in [3.63, 3.8) is 0 Å². The van der Waals surface area contributed by atoms with Gasteiger partial charge >= 0.3 is 0 Å². The molecule has 1 aliphatic heterocycles. The minimum Gasteiger partial charge on any atom is -0.492 e. The smallest absolute Gasteiger partial charge is 0.222 e. The number of benzene rings is 1. The Kier molecular flexibility index (Phi) is 7.68. The van der Waals surface area contributed by atoms with Crippen LogP contribution >= 0.6 is 11.8 Å². The first kappa shape index (κ1) is 18.1. The van der Waals surface area contributed by atoms with Crippen molar-refractivity contribution < 1.29 is 13.9 Å². The number of ether oxygens (including phenoxy) is 1. The van der Waals surface area contributed by atoms with E-state index in [0.29, 0.717) is 30.7 Å². The Morgan fingerprint density at radius 2 is 2.13 bits per heavy atom. The largest absolute Gasteiger partial charge is 0.492 e. The van der Waals surface area contributed by atoms with Crippen LogP contribution in [0.3, 0.4) is 0 Å². The van der Waals surface area contributed by atoms with Crippen LogP contribution in [0.4, 0.5) is 4.39 Å². The predicted molar refractivity (Wildman–Crippen MR) is 92.5 cm³/mol. The maximum Gasteiger partial charge on any atom is 0.222 e. The van der Waals surface area contributed by atoms with Crippen molar-refractivity contribution in [2.45, 2.75) is 25.3 Å². The lowest BCUT2D eigenvalue weighted by Gasteiger charge is -2.24. The minimum absolute atomic E-state index is 0.257. The van der Waals surface area contributed by atoms with Gasteiger partial charge in [0.15, 0.2) is 0 Å². The summed E-state index contributed by atoms with van der Waals surface area (Å²) in [6, 6.07) is 6.42. The third-order valence-corrected chi connectivity index (χ3v) is 4.60. The average molecular weight is 340 g/mol. The molecular weight excluding hydrogens is 315 g/mol. The average Bonchev–Trinajstić information content (AvgIpc) is 2.90. The fraction of sp³-hybridized carbons (Fsp3) is 0.588. The maximum atomic E-state index is 12.8. The molecule has 0 aliphatic carbocycles. The molecule has 1 N–H and O–H groups in total. The van der Waals surface area contributed by atoms with E-state index in [9.17, 15) is 9.18 Å². The molecule has 6 heteroatoms. The molecule has 1 aliphatic rings. The number of nitrogens with zero attached hydrogens (tertiary/aromatic N) is 1. The molecular formula is C17H25FN2O2S. The zero-order valence-corrected chi connectivity index (χ0v) is 14.4. The van der Waals surface area contributed by atoms with E-state index >= 15 is 0 Å². The van der Waals surface area contributed by atoms with E-state index in [2.05, 4.69) is 11.6 Å². The molecule has 128 valence electrons. The molecule has 1 saturated heterocycles. The van der Waals surface area contributed by atoms with Gasteiger partial charge < -0.3 is 15.0 Å². The summed E-state index contributed by atoms with van der Waals surface area (Å²) in [6.07, 6.45) is 4.71. The first-order chi connectivity index (χ1) is 11.2. The van der Waals surface area contributed by atoms with Gasteiger partial charge in [-0.3, -0.25) is 4.79 Å². The standard InChI is InChI=1S/C17H25FN2O2S/c1-23-13-11-20-15(4-7-17(20)21)8-9-19-10-12-22-16-5-2-14(18)3-6-16/h2-3,5-6,15,19H,4,7-13H2,1H3/t15-/m0/s1. The number of hydrogen-bond acceptors (Lipinski definition) is 4. The number of nitrogens with one attached hydrogen (secondary N) is 1. The van der Waals surface area contributed by atoms with Crippen LogP contribution in [0.2, 0.25) is 0 Å². The van der Waals surface area contributed by atoms with E-state index in [4.69, 9.17) is 4.74 Å². The third kappa shape index (κ3) is 6.03. The van der Waals surface area contributed by atoms with Gasteiger partial charge in [0.2, 0.25) is 5.91 Å². The molecule has 4 nitrogen and oxygen atoms in total. The van der Waals surface area contributed by atoms with Crippen LogP contribution < -0.4 is 10.1 Å². The Hall–Kier alpha value is -1.27. The summed E-state index contributed by atoms with van der Waals surface area (Å²) in [6.45, 7) is 3.02. The molecule has 0 spiro atoms. The topological polar surface area (TPSA) is 41.6 Å². The summed E-state index contributed by atoms with van der Waals surface area (Å²) in [5.74, 6) is 1.72. The molecule has 1 fully saturated rings. The number of likely N-dealkylation sites (tertiary alicyclic amines) is 1. The molecule has 23 heavy (non-hydrogen) atoms. The van der Waals surface area contributed by atoms with Gasteiger partial charge in [0.05, 0.1) is 0 Å². The number of halogens is 1.